The predicted octanol–water partition coefficient (Wildman–Crippen LogP) is 3.08. The quantitative estimate of drug-likeness (QED) is 0.291. The Morgan fingerprint density at radius 2 is 1.87 bits per heavy atom. The number of ether oxygens (including phenoxy) is 1. The summed E-state index contributed by atoms with van der Waals surface area (Å²) in [6.07, 6.45) is 11.8. The van der Waals surface area contributed by atoms with Crippen molar-refractivity contribution in [2.45, 2.75) is 63.6 Å². The molecule has 1 aromatic rings. The summed E-state index contributed by atoms with van der Waals surface area (Å²) in [5.41, 5.74) is 4.30. The Bertz CT molecular complexity index is 705. The van der Waals surface area contributed by atoms with Crippen LogP contribution in [0.5, 0.6) is 0 Å². The molecule has 4 N–H and O–H groups in total. The maximum Gasteiger partial charge on any atom is 0.414 e. The molecule has 7 nitrogen and oxygen atoms in total. The number of hydrogen-bond acceptors (Lipinski definition) is 5. The second-order valence-electron chi connectivity index (χ2n) is 7.74. The van der Waals surface area contributed by atoms with Crippen molar-refractivity contribution in [1.82, 2.24) is 5.32 Å². The molecule has 2 aliphatic rings. The molecule has 0 aromatic heterocycles. The van der Waals surface area contributed by atoms with Crippen LogP contribution >= 0.6 is 0 Å². The Kier molecular flexibility index (Phi) is 10.5. The Balaban J connectivity index is 0.000000469. The van der Waals surface area contributed by atoms with Crippen LogP contribution < -0.4 is 5.32 Å². The number of benzene rings is 1. The van der Waals surface area contributed by atoms with Gasteiger partial charge in [0.2, 0.25) is 0 Å². The zero-order chi connectivity index (χ0) is 21.8. The predicted molar refractivity (Wildman–Crippen MR) is 113 cm³/mol. The average Bonchev–Trinajstić information content (AvgIpc) is 2.76. The van der Waals surface area contributed by atoms with Gasteiger partial charge in [0.25, 0.3) is 0 Å². The molecule has 2 atom stereocenters. The third-order valence-corrected chi connectivity index (χ3v) is 5.38. The van der Waals surface area contributed by atoms with Crippen LogP contribution in [0.2, 0.25) is 0 Å². The van der Waals surface area contributed by atoms with Crippen molar-refractivity contribution in [3.8, 4) is 0 Å². The lowest BCUT2D eigenvalue weighted by molar-refractivity contribution is -0.159. The van der Waals surface area contributed by atoms with Crippen LogP contribution in [0.3, 0.4) is 0 Å². The van der Waals surface area contributed by atoms with Crippen molar-refractivity contribution in [2.75, 3.05) is 19.7 Å². The van der Waals surface area contributed by atoms with Crippen molar-refractivity contribution < 1.29 is 29.6 Å². The zero-order valence-electron chi connectivity index (χ0n) is 17.4. The van der Waals surface area contributed by atoms with Gasteiger partial charge in [-0.1, -0.05) is 35.9 Å². The minimum Gasteiger partial charge on any atom is -0.473 e. The van der Waals surface area contributed by atoms with E-state index in [0.29, 0.717) is 13.2 Å². The van der Waals surface area contributed by atoms with Crippen LogP contribution in [0.1, 0.15) is 62.2 Å². The van der Waals surface area contributed by atoms with E-state index in [9.17, 15) is 5.11 Å². The number of rotatable bonds is 8. The maximum atomic E-state index is 10.2. The highest BCUT2D eigenvalue weighted by atomic mass is 16.5. The number of aryl methyl sites for hydroxylation is 1. The standard InChI is InChI=1S/C21H31NO2.C2H2O4/c23-19(15-22-14-13-17-7-2-1-3-8-17)16-24-21-12-6-10-18-9-4-5-11-20(18)21;3-1(4)2(5)6/h4-5,7,9,11,19,21-23H,1-3,6,8,10,12-16H2;(H,3,4)(H,5,6). The molecule has 0 amide bonds. The number of hydrogen-bond donors (Lipinski definition) is 4. The third kappa shape index (κ3) is 8.65. The van der Waals surface area contributed by atoms with Crippen LogP contribution in [0.25, 0.3) is 0 Å². The number of fused-ring (bicyclic) bond motifs is 1. The van der Waals surface area contributed by atoms with Crippen LogP contribution in [0, 0.1) is 0 Å². The second-order valence-corrected chi connectivity index (χ2v) is 7.74. The highest BCUT2D eigenvalue weighted by Gasteiger charge is 2.21. The van der Waals surface area contributed by atoms with Gasteiger partial charge in [-0.25, -0.2) is 9.59 Å². The van der Waals surface area contributed by atoms with Gasteiger partial charge in [0.05, 0.1) is 18.8 Å². The maximum absolute atomic E-state index is 10.2. The summed E-state index contributed by atoms with van der Waals surface area (Å²) in [6.45, 7) is 1.98. The van der Waals surface area contributed by atoms with Crippen molar-refractivity contribution in [3.05, 3.63) is 47.0 Å². The largest absolute Gasteiger partial charge is 0.473 e. The molecule has 0 fully saturated rings. The van der Waals surface area contributed by atoms with Crippen molar-refractivity contribution in [2.24, 2.45) is 0 Å². The SMILES string of the molecule is O=C(O)C(=O)O.OC(CNCCC1=CCCCC1)COC1CCCc2ccccc21. The summed E-state index contributed by atoms with van der Waals surface area (Å²) in [4.78, 5) is 18.2. The molecule has 0 bridgehead atoms. The van der Waals surface area contributed by atoms with Gasteiger partial charge in [0, 0.05) is 6.54 Å². The van der Waals surface area contributed by atoms with Gasteiger partial charge in [0.1, 0.15) is 0 Å². The number of carbonyl (C=O) groups is 2. The minimum atomic E-state index is -1.82. The van der Waals surface area contributed by atoms with Gasteiger partial charge in [0.15, 0.2) is 0 Å². The van der Waals surface area contributed by atoms with E-state index in [1.165, 1.54) is 43.2 Å². The molecule has 7 heteroatoms. The molecule has 0 saturated heterocycles. The van der Waals surface area contributed by atoms with Gasteiger partial charge in [-0.2, -0.15) is 0 Å². The van der Waals surface area contributed by atoms with Crippen LogP contribution in [-0.2, 0) is 20.7 Å². The van der Waals surface area contributed by atoms with E-state index in [2.05, 4.69) is 35.7 Å². The number of carboxylic acid groups (broad SMARTS) is 2. The topological polar surface area (TPSA) is 116 Å². The first-order chi connectivity index (χ1) is 14.5. The van der Waals surface area contributed by atoms with E-state index in [-0.39, 0.29) is 6.10 Å². The number of nitrogens with one attached hydrogen (secondary N) is 1. The molecule has 0 spiro atoms. The lowest BCUT2D eigenvalue weighted by Gasteiger charge is -2.26. The summed E-state index contributed by atoms with van der Waals surface area (Å²) in [5, 5.41) is 28.3. The lowest BCUT2D eigenvalue weighted by atomic mass is 9.89. The summed E-state index contributed by atoms with van der Waals surface area (Å²) in [5.74, 6) is -3.65. The molecular weight excluding hydrogens is 386 g/mol. The summed E-state index contributed by atoms with van der Waals surface area (Å²) in [6, 6.07) is 8.55. The van der Waals surface area contributed by atoms with Gasteiger partial charge in [-0.05, 0) is 69.0 Å². The van der Waals surface area contributed by atoms with E-state index in [1.807, 2.05) is 0 Å². The highest BCUT2D eigenvalue weighted by molar-refractivity contribution is 6.27. The fourth-order valence-electron chi connectivity index (χ4n) is 3.82. The van der Waals surface area contributed by atoms with E-state index in [1.54, 1.807) is 5.57 Å². The Morgan fingerprint density at radius 1 is 1.10 bits per heavy atom. The summed E-state index contributed by atoms with van der Waals surface area (Å²) < 4.78 is 6.02. The number of carboxylic acids is 2. The minimum absolute atomic E-state index is 0.150. The molecule has 0 heterocycles. The Hall–Kier alpha value is -2.22. The molecule has 0 saturated carbocycles. The van der Waals surface area contributed by atoms with Crippen LogP contribution in [-0.4, -0.2) is 53.1 Å². The molecule has 30 heavy (non-hydrogen) atoms. The smallest absolute Gasteiger partial charge is 0.414 e. The third-order valence-electron chi connectivity index (χ3n) is 5.38. The van der Waals surface area contributed by atoms with E-state index >= 15 is 0 Å². The van der Waals surface area contributed by atoms with Gasteiger partial charge in [-0.3, -0.25) is 0 Å². The molecule has 2 aliphatic carbocycles. The highest BCUT2D eigenvalue weighted by Crippen LogP contribution is 2.32. The molecule has 2 unspecified atom stereocenters. The van der Waals surface area contributed by atoms with Crippen molar-refractivity contribution in [3.63, 3.8) is 0 Å². The Morgan fingerprint density at radius 3 is 2.57 bits per heavy atom. The van der Waals surface area contributed by atoms with Crippen LogP contribution in [0.15, 0.2) is 35.9 Å². The van der Waals surface area contributed by atoms with Crippen molar-refractivity contribution in [1.29, 1.82) is 0 Å². The first kappa shape index (κ1) is 24.1. The fourth-order valence-corrected chi connectivity index (χ4v) is 3.82. The number of allylic oxidation sites excluding steroid dienone is 1. The molecule has 3 rings (SSSR count). The van der Waals surface area contributed by atoms with E-state index in [4.69, 9.17) is 24.5 Å². The normalized spacial score (nSPS) is 19.0. The molecule has 166 valence electrons. The monoisotopic (exact) mass is 419 g/mol. The first-order valence-corrected chi connectivity index (χ1v) is 10.7. The fraction of sp³-hybridized carbons (Fsp3) is 0.565. The zero-order valence-corrected chi connectivity index (χ0v) is 17.4. The Labute approximate surface area is 177 Å². The first-order valence-electron chi connectivity index (χ1n) is 10.7. The average molecular weight is 420 g/mol. The van der Waals surface area contributed by atoms with Gasteiger partial charge in [-0.15, -0.1) is 0 Å². The second kappa shape index (κ2) is 13.2. The van der Waals surface area contributed by atoms with Gasteiger partial charge < -0.3 is 25.4 Å². The molecule has 1 aromatic carbocycles. The molecular formula is C23H33NO6. The number of aliphatic hydroxyl groups is 1. The van der Waals surface area contributed by atoms with E-state index in [0.717, 1.165) is 25.8 Å². The summed E-state index contributed by atoms with van der Waals surface area (Å²) in [7, 11) is 0. The van der Waals surface area contributed by atoms with E-state index < -0.39 is 18.0 Å². The van der Waals surface area contributed by atoms with Gasteiger partial charge >= 0.3 is 11.9 Å². The summed E-state index contributed by atoms with van der Waals surface area (Å²) >= 11 is 0. The molecule has 0 aliphatic heterocycles. The molecule has 0 radical (unpaired) electrons. The lowest BCUT2D eigenvalue weighted by Crippen LogP contribution is -2.32. The number of aliphatic carboxylic acids is 2. The number of aliphatic hydroxyl groups excluding tert-OH is 1. The van der Waals surface area contributed by atoms with Crippen molar-refractivity contribution >= 4 is 11.9 Å². The van der Waals surface area contributed by atoms with Crippen LogP contribution in [0.4, 0.5) is 0 Å².